The van der Waals surface area contributed by atoms with Crippen LogP contribution in [0, 0.1) is 11.6 Å². The van der Waals surface area contributed by atoms with Gasteiger partial charge in [-0.25, -0.2) is 13.6 Å². The number of halogens is 2. The van der Waals surface area contributed by atoms with E-state index in [1.807, 2.05) is 24.3 Å². The molecule has 4 rings (SSSR count). The molecule has 1 saturated heterocycles. The molecule has 1 aliphatic heterocycles. The van der Waals surface area contributed by atoms with Crippen LogP contribution in [0.5, 0.6) is 0 Å². The van der Waals surface area contributed by atoms with Gasteiger partial charge in [0.1, 0.15) is 0 Å². The van der Waals surface area contributed by atoms with E-state index in [9.17, 15) is 18.4 Å². The van der Waals surface area contributed by atoms with Crippen molar-refractivity contribution >= 4 is 16.9 Å². The maximum Gasteiger partial charge on any atom is 0.326 e. The molecule has 2 aromatic carbocycles. The molecule has 1 aromatic heterocycles. The fraction of sp³-hybridized carbons (Fsp3) is 0.263. The number of imidazole rings is 1. The fourth-order valence-corrected chi connectivity index (χ4v) is 3.58. The first-order chi connectivity index (χ1) is 12.5. The number of likely N-dealkylation sites (tertiary alicyclic amines) is 1. The first-order valence-electron chi connectivity index (χ1n) is 8.48. The summed E-state index contributed by atoms with van der Waals surface area (Å²) < 4.78 is 28.1. The van der Waals surface area contributed by atoms with Gasteiger partial charge in [0.05, 0.1) is 11.0 Å². The van der Waals surface area contributed by atoms with Gasteiger partial charge in [-0.15, -0.1) is 0 Å². The molecule has 134 valence electrons. The van der Waals surface area contributed by atoms with Gasteiger partial charge in [-0.3, -0.25) is 9.36 Å². The number of amides is 1. The minimum atomic E-state index is -1.03. The van der Waals surface area contributed by atoms with Crippen LogP contribution in [0.25, 0.3) is 11.0 Å². The van der Waals surface area contributed by atoms with Gasteiger partial charge in [0.2, 0.25) is 0 Å². The van der Waals surface area contributed by atoms with Crippen LogP contribution in [0.2, 0.25) is 0 Å². The predicted octanol–water partition coefficient (Wildman–Crippen LogP) is 3.09. The summed E-state index contributed by atoms with van der Waals surface area (Å²) in [5, 5.41) is 0. The lowest BCUT2D eigenvalue weighted by Crippen LogP contribution is -2.40. The number of nitrogens with zero attached hydrogens (tertiary/aromatic N) is 2. The summed E-state index contributed by atoms with van der Waals surface area (Å²) in [7, 11) is 0. The van der Waals surface area contributed by atoms with E-state index in [1.165, 1.54) is 6.07 Å². The summed E-state index contributed by atoms with van der Waals surface area (Å²) in [6.45, 7) is 0.906. The monoisotopic (exact) mass is 357 g/mol. The van der Waals surface area contributed by atoms with Crippen molar-refractivity contribution in [3.8, 4) is 0 Å². The van der Waals surface area contributed by atoms with Crippen LogP contribution in [0.1, 0.15) is 29.2 Å². The van der Waals surface area contributed by atoms with Crippen LogP contribution in [0.3, 0.4) is 0 Å². The molecule has 1 aliphatic rings. The van der Waals surface area contributed by atoms with Gasteiger partial charge in [0, 0.05) is 24.7 Å². The average Bonchev–Trinajstić information content (AvgIpc) is 2.99. The van der Waals surface area contributed by atoms with E-state index >= 15 is 0 Å². The molecule has 2 heterocycles. The van der Waals surface area contributed by atoms with E-state index in [4.69, 9.17) is 0 Å². The van der Waals surface area contributed by atoms with E-state index in [1.54, 1.807) is 9.47 Å². The number of hydrogen-bond donors (Lipinski definition) is 1. The zero-order valence-corrected chi connectivity index (χ0v) is 13.9. The quantitative estimate of drug-likeness (QED) is 0.766. The molecular weight excluding hydrogens is 340 g/mol. The number of rotatable bonds is 2. The second kappa shape index (κ2) is 6.40. The summed E-state index contributed by atoms with van der Waals surface area (Å²) in [4.78, 5) is 29.3. The molecular formula is C19H17F2N3O2. The minimum absolute atomic E-state index is 0.00680. The molecule has 26 heavy (non-hydrogen) atoms. The molecule has 1 N–H and O–H groups in total. The van der Waals surface area contributed by atoms with Gasteiger partial charge in [-0.2, -0.15) is 0 Å². The van der Waals surface area contributed by atoms with Crippen LogP contribution in [0.4, 0.5) is 8.78 Å². The van der Waals surface area contributed by atoms with Gasteiger partial charge in [0.15, 0.2) is 11.6 Å². The van der Waals surface area contributed by atoms with Gasteiger partial charge in [0.25, 0.3) is 5.91 Å². The van der Waals surface area contributed by atoms with Gasteiger partial charge < -0.3 is 9.88 Å². The molecule has 0 spiro atoms. The van der Waals surface area contributed by atoms with Crippen molar-refractivity contribution in [3.63, 3.8) is 0 Å². The topological polar surface area (TPSA) is 58.1 Å². The van der Waals surface area contributed by atoms with Crippen LogP contribution in [-0.4, -0.2) is 33.4 Å². The highest BCUT2D eigenvalue weighted by Gasteiger charge is 2.27. The van der Waals surface area contributed by atoms with Crippen molar-refractivity contribution in [1.29, 1.82) is 0 Å². The maximum absolute atomic E-state index is 13.4. The van der Waals surface area contributed by atoms with Crippen molar-refractivity contribution in [1.82, 2.24) is 14.5 Å². The molecule has 0 radical (unpaired) electrons. The second-order valence-electron chi connectivity index (χ2n) is 6.47. The standard InChI is InChI=1S/C19H17F2N3O2/c20-14-6-5-12(11-15(14)21)18(25)23-9-7-13(8-10-23)24-17-4-2-1-3-16(17)22-19(24)26/h1-6,11,13H,7-10H2,(H,22,26). The highest BCUT2D eigenvalue weighted by atomic mass is 19.2. The second-order valence-corrected chi connectivity index (χ2v) is 6.47. The number of nitrogens with one attached hydrogen (secondary N) is 1. The van der Waals surface area contributed by atoms with Crippen molar-refractivity contribution in [2.24, 2.45) is 0 Å². The summed E-state index contributed by atoms with van der Waals surface area (Å²) in [6, 6.07) is 10.7. The summed E-state index contributed by atoms with van der Waals surface area (Å²) in [5.41, 5.74) is 1.61. The lowest BCUT2D eigenvalue weighted by molar-refractivity contribution is 0.0694. The number of carbonyl (C=O) groups excluding carboxylic acids is 1. The Kier molecular flexibility index (Phi) is 4.06. The van der Waals surface area contributed by atoms with Crippen LogP contribution >= 0.6 is 0 Å². The number of para-hydroxylation sites is 2. The first-order valence-corrected chi connectivity index (χ1v) is 8.48. The Bertz CT molecular complexity index is 1030. The highest BCUT2D eigenvalue weighted by Crippen LogP contribution is 2.25. The Labute approximate surface area is 147 Å². The Morgan fingerprint density at radius 3 is 2.50 bits per heavy atom. The molecule has 0 aliphatic carbocycles. The van der Waals surface area contributed by atoms with Crippen molar-refractivity contribution in [2.75, 3.05) is 13.1 Å². The van der Waals surface area contributed by atoms with Crippen molar-refractivity contribution < 1.29 is 13.6 Å². The fourth-order valence-electron chi connectivity index (χ4n) is 3.58. The lowest BCUT2D eigenvalue weighted by Gasteiger charge is -2.32. The normalized spacial score (nSPS) is 15.5. The van der Waals surface area contributed by atoms with Gasteiger partial charge in [-0.1, -0.05) is 12.1 Å². The lowest BCUT2D eigenvalue weighted by atomic mass is 10.0. The number of piperidine rings is 1. The molecule has 0 saturated carbocycles. The van der Waals surface area contributed by atoms with E-state index in [2.05, 4.69) is 4.98 Å². The van der Waals surface area contributed by atoms with Crippen LogP contribution < -0.4 is 5.69 Å². The Morgan fingerprint density at radius 1 is 1.04 bits per heavy atom. The van der Waals surface area contributed by atoms with Crippen molar-refractivity contribution in [2.45, 2.75) is 18.9 Å². The molecule has 7 heteroatoms. The number of aromatic nitrogens is 2. The highest BCUT2D eigenvalue weighted by molar-refractivity contribution is 5.94. The number of aromatic amines is 1. The average molecular weight is 357 g/mol. The third-order valence-corrected chi connectivity index (χ3v) is 4.91. The summed E-state index contributed by atoms with van der Waals surface area (Å²) in [6.07, 6.45) is 1.24. The number of hydrogen-bond acceptors (Lipinski definition) is 2. The molecule has 0 unspecified atom stereocenters. The van der Waals surface area contributed by atoms with Gasteiger partial charge >= 0.3 is 5.69 Å². The third kappa shape index (κ3) is 2.79. The van der Waals surface area contributed by atoms with E-state index in [-0.39, 0.29) is 23.2 Å². The number of carbonyl (C=O) groups is 1. The largest absolute Gasteiger partial charge is 0.338 e. The van der Waals surface area contributed by atoms with Crippen molar-refractivity contribution in [3.05, 3.63) is 70.1 Å². The summed E-state index contributed by atoms with van der Waals surface area (Å²) >= 11 is 0. The Morgan fingerprint density at radius 2 is 1.77 bits per heavy atom. The maximum atomic E-state index is 13.4. The Balaban J connectivity index is 1.52. The molecule has 1 fully saturated rings. The third-order valence-electron chi connectivity index (χ3n) is 4.91. The molecule has 1 amide bonds. The number of benzene rings is 2. The first kappa shape index (κ1) is 16.5. The Hall–Kier alpha value is -2.96. The predicted molar refractivity (Wildman–Crippen MR) is 93.1 cm³/mol. The zero-order chi connectivity index (χ0) is 18.3. The SMILES string of the molecule is O=C(c1ccc(F)c(F)c1)N1CCC(n2c(=O)[nH]c3ccccc32)CC1. The minimum Gasteiger partial charge on any atom is -0.338 e. The summed E-state index contributed by atoms with van der Waals surface area (Å²) in [5.74, 6) is -2.33. The molecule has 0 atom stereocenters. The zero-order valence-electron chi connectivity index (χ0n) is 13.9. The molecule has 0 bridgehead atoms. The smallest absolute Gasteiger partial charge is 0.326 e. The van der Waals surface area contributed by atoms with Crippen LogP contribution in [0.15, 0.2) is 47.3 Å². The number of H-pyrrole nitrogens is 1. The molecule has 3 aromatic rings. The van der Waals surface area contributed by atoms with E-state index in [0.717, 1.165) is 23.2 Å². The van der Waals surface area contributed by atoms with Crippen LogP contribution in [-0.2, 0) is 0 Å². The van der Waals surface area contributed by atoms with E-state index in [0.29, 0.717) is 25.9 Å². The molecule has 5 nitrogen and oxygen atoms in total. The van der Waals surface area contributed by atoms with E-state index < -0.39 is 11.6 Å². The van der Waals surface area contributed by atoms with Gasteiger partial charge in [-0.05, 0) is 43.2 Å². The number of fused-ring (bicyclic) bond motifs is 1.